The van der Waals surface area contributed by atoms with Crippen LogP contribution in [0.15, 0.2) is 22.8 Å². The van der Waals surface area contributed by atoms with Crippen LogP contribution in [-0.2, 0) is 4.79 Å². The summed E-state index contributed by atoms with van der Waals surface area (Å²) in [5, 5.41) is 15.0. The first-order valence-corrected chi connectivity index (χ1v) is 7.41. The Balaban J connectivity index is 1.52. The molecule has 21 heavy (non-hydrogen) atoms. The zero-order valence-corrected chi connectivity index (χ0v) is 12.0. The van der Waals surface area contributed by atoms with Crippen LogP contribution in [-0.4, -0.2) is 36.1 Å². The molecular formula is C15H22N2O4. The van der Waals surface area contributed by atoms with E-state index >= 15 is 0 Å². The summed E-state index contributed by atoms with van der Waals surface area (Å²) in [6.07, 6.45) is 4.80. The quantitative estimate of drug-likeness (QED) is 0.656. The number of aliphatic hydroxyl groups excluding tert-OH is 1. The minimum atomic E-state index is -0.264. The van der Waals surface area contributed by atoms with Gasteiger partial charge in [0, 0.05) is 19.5 Å². The van der Waals surface area contributed by atoms with Crippen LogP contribution in [0.25, 0.3) is 0 Å². The zero-order chi connectivity index (χ0) is 15.1. The molecule has 1 aliphatic carbocycles. The molecule has 6 nitrogen and oxygen atoms in total. The lowest BCUT2D eigenvalue weighted by Gasteiger charge is -2.10. The van der Waals surface area contributed by atoms with Crippen molar-refractivity contribution in [3.05, 3.63) is 24.2 Å². The van der Waals surface area contributed by atoms with Crippen molar-refractivity contribution in [2.45, 2.75) is 38.2 Å². The number of amides is 2. The van der Waals surface area contributed by atoms with Crippen molar-refractivity contribution in [3.8, 4) is 0 Å². The fraction of sp³-hybridized carbons (Fsp3) is 0.600. The average molecular weight is 294 g/mol. The second kappa shape index (κ2) is 7.83. The fourth-order valence-electron chi connectivity index (χ4n) is 2.53. The molecule has 6 heteroatoms. The topological polar surface area (TPSA) is 91.6 Å². The molecule has 0 bridgehead atoms. The van der Waals surface area contributed by atoms with E-state index in [0.29, 0.717) is 31.8 Å². The third-order valence-electron chi connectivity index (χ3n) is 3.71. The highest BCUT2D eigenvalue weighted by molar-refractivity contribution is 5.91. The van der Waals surface area contributed by atoms with Crippen molar-refractivity contribution in [2.24, 2.45) is 5.92 Å². The zero-order valence-electron chi connectivity index (χ0n) is 12.0. The van der Waals surface area contributed by atoms with E-state index in [1.54, 1.807) is 12.1 Å². The molecule has 1 aromatic rings. The molecule has 2 amide bonds. The molecule has 1 fully saturated rings. The molecule has 0 aliphatic heterocycles. The van der Waals surface area contributed by atoms with Crippen LogP contribution in [0, 0.1) is 5.92 Å². The van der Waals surface area contributed by atoms with Crippen LogP contribution in [0.5, 0.6) is 0 Å². The number of rotatable bonds is 7. The van der Waals surface area contributed by atoms with Gasteiger partial charge in [-0.2, -0.15) is 0 Å². The van der Waals surface area contributed by atoms with E-state index in [9.17, 15) is 14.7 Å². The maximum absolute atomic E-state index is 11.6. The first-order valence-electron chi connectivity index (χ1n) is 7.41. The summed E-state index contributed by atoms with van der Waals surface area (Å²) >= 11 is 0. The summed E-state index contributed by atoms with van der Waals surface area (Å²) in [6.45, 7) is 1.07. The third kappa shape index (κ3) is 5.23. The van der Waals surface area contributed by atoms with E-state index in [1.807, 2.05) is 0 Å². The van der Waals surface area contributed by atoms with E-state index in [4.69, 9.17) is 4.42 Å². The van der Waals surface area contributed by atoms with Crippen LogP contribution in [0.4, 0.5) is 0 Å². The van der Waals surface area contributed by atoms with E-state index in [0.717, 1.165) is 19.3 Å². The first-order chi connectivity index (χ1) is 10.1. The number of carbonyl (C=O) groups excluding carboxylic acids is 2. The monoisotopic (exact) mass is 294 g/mol. The molecule has 0 radical (unpaired) electrons. The van der Waals surface area contributed by atoms with Gasteiger partial charge < -0.3 is 20.2 Å². The van der Waals surface area contributed by atoms with E-state index < -0.39 is 0 Å². The Morgan fingerprint density at radius 1 is 1.33 bits per heavy atom. The maximum Gasteiger partial charge on any atom is 0.286 e. The highest BCUT2D eigenvalue weighted by atomic mass is 16.3. The van der Waals surface area contributed by atoms with Crippen LogP contribution in [0.2, 0.25) is 0 Å². The largest absolute Gasteiger partial charge is 0.459 e. The van der Waals surface area contributed by atoms with E-state index in [-0.39, 0.29) is 23.7 Å². The van der Waals surface area contributed by atoms with Crippen molar-refractivity contribution in [1.82, 2.24) is 10.6 Å². The molecule has 0 aromatic carbocycles. The van der Waals surface area contributed by atoms with Crippen LogP contribution < -0.4 is 10.6 Å². The minimum Gasteiger partial charge on any atom is -0.459 e. The van der Waals surface area contributed by atoms with Gasteiger partial charge in [0.05, 0.1) is 12.4 Å². The van der Waals surface area contributed by atoms with E-state index in [2.05, 4.69) is 10.6 Å². The van der Waals surface area contributed by atoms with Crippen molar-refractivity contribution in [2.75, 3.05) is 13.1 Å². The van der Waals surface area contributed by atoms with Crippen molar-refractivity contribution >= 4 is 11.8 Å². The lowest BCUT2D eigenvalue weighted by atomic mass is 10.1. The Morgan fingerprint density at radius 3 is 2.86 bits per heavy atom. The number of hydrogen-bond acceptors (Lipinski definition) is 4. The molecule has 0 spiro atoms. The lowest BCUT2D eigenvalue weighted by Crippen LogP contribution is -2.30. The van der Waals surface area contributed by atoms with Gasteiger partial charge in [-0.3, -0.25) is 9.59 Å². The number of furan rings is 1. The molecule has 1 heterocycles. The van der Waals surface area contributed by atoms with Gasteiger partial charge in [-0.05, 0) is 43.7 Å². The molecule has 2 atom stereocenters. The SMILES string of the molecule is O=C(CCCNC(=O)c1ccco1)NCC1CCC(O)C1. The molecule has 0 saturated heterocycles. The Kier molecular flexibility index (Phi) is 5.80. The second-order valence-electron chi connectivity index (χ2n) is 5.47. The predicted octanol–water partition coefficient (Wildman–Crippen LogP) is 1.07. The third-order valence-corrected chi connectivity index (χ3v) is 3.71. The molecule has 1 aliphatic rings. The second-order valence-corrected chi connectivity index (χ2v) is 5.47. The summed E-state index contributed by atoms with van der Waals surface area (Å²) < 4.78 is 4.97. The summed E-state index contributed by atoms with van der Waals surface area (Å²) in [6, 6.07) is 3.25. The van der Waals surface area contributed by atoms with Crippen LogP contribution >= 0.6 is 0 Å². The van der Waals surface area contributed by atoms with Crippen LogP contribution in [0.3, 0.4) is 0 Å². The molecule has 116 valence electrons. The van der Waals surface area contributed by atoms with Gasteiger partial charge in [0.25, 0.3) is 5.91 Å². The smallest absolute Gasteiger partial charge is 0.286 e. The van der Waals surface area contributed by atoms with Crippen LogP contribution in [0.1, 0.15) is 42.7 Å². The van der Waals surface area contributed by atoms with E-state index in [1.165, 1.54) is 6.26 Å². The Morgan fingerprint density at radius 2 is 2.19 bits per heavy atom. The standard InChI is InChI=1S/C15H22N2O4/c18-12-6-5-11(9-12)10-17-14(19)4-1-7-16-15(20)13-3-2-8-21-13/h2-3,8,11-12,18H,1,4-7,9-10H2,(H,16,20)(H,17,19). The van der Waals surface area contributed by atoms with Crippen molar-refractivity contribution in [3.63, 3.8) is 0 Å². The summed E-state index contributed by atoms with van der Waals surface area (Å²) in [5.41, 5.74) is 0. The van der Waals surface area contributed by atoms with Crippen molar-refractivity contribution < 1.29 is 19.1 Å². The maximum atomic E-state index is 11.6. The molecule has 2 unspecified atom stereocenters. The minimum absolute atomic E-state index is 0.0105. The summed E-state index contributed by atoms with van der Waals surface area (Å²) in [4.78, 5) is 23.2. The molecule has 1 aromatic heterocycles. The Labute approximate surface area is 123 Å². The van der Waals surface area contributed by atoms with Gasteiger partial charge >= 0.3 is 0 Å². The highest BCUT2D eigenvalue weighted by Gasteiger charge is 2.22. The predicted molar refractivity (Wildman–Crippen MR) is 76.6 cm³/mol. The van der Waals surface area contributed by atoms with Gasteiger partial charge in [-0.25, -0.2) is 0 Å². The van der Waals surface area contributed by atoms with Gasteiger partial charge in [0.2, 0.25) is 5.91 Å². The first kappa shape index (κ1) is 15.6. The molecule has 2 rings (SSSR count). The normalized spacial score (nSPS) is 21.2. The lowest BCUT2D eigenvalue weighted by molar-refractivity contribution is -0.121. The number of nitrogens with one attached hydrogen (secondary N) is 2. The average Bonchev–Trinajstić information content (AvgIpc) is 3.12. The Bertz CT molecular complexity index is 458. The van der Waals surface area contributed by atoms with Gasteiger partial charge in [0.15, 0.2) is 5.76 Å². The number of aliphatic hydroxyl groups is 1. The Hall–Kier alpha value is -1.82. The molecule has 1 saturated carbocycles. The summed E-state index contributed by atoms with van der Waals surface area (Å²) in [5.74, 6) is 0.394. The molecular weight excluding hydrogens is 272 g/mol. The fourth-order valence-corrected chi connectivity index (χ4v) is 2.53. The van der Waals surface area contributed by atoms with Gasteiger partial charge in [0.1, 0.15) is 0 Å². The summed E-state index contributed by atoms with van der Waals surface area (Å²) in [7, 11) is 0. The van der Waals surface area contributed by atoms with Gasteiger partial charge in [-0.1, -0.05) is 0 Å². The van der Waals surface area contributed by atoms with Crippen molar-refractivity contribution in [1.29, 1.82) is 0 Å². The number of carbonyl (C=O) groups is 2. The van der Waals surface area contributed by atoms with Gasteiger partial charge in [-0.15, -0.1) is 0 Å². The number of hydrogen-bond donors (Lipinski definition) is 3. The highest BCUT2D eigenvalue weighted by Crippen LogP contribution is 2.24. The molecule has 3 N–H and O–H groups in total.